The predicted molar refractivity (Wildman–Crippen MR) is 131 cm³/mol. The summed E-state index contributed by atoms with van der Waals surface area (Å²) < 4.78 is 34.9. The number of aliphatic hydroxyl groups is 3. The summed E-state index contributed by atoms with van der Waals surface area (Å²) in [6.07, 6.45) is -1.37. The normalized spacial score (nSPS) is 43.7. The summed E-state index contributed by atoms with van der Waals surface area (Å²) in [4.78, 5) is 28.1. The Bertz CT molecular complexity index is 907. The zero-order valence-electron chi connectivity index (χ0n) is 22.1. The Balaban J connectivity index is 0.00000106. The molecule has 36 heavy (non-hydrogen) atoms. The van der Waals surface area contributed by atoms with Crippen molar-refractivity contribution in [2.75, 3.05) is 20.6 Å². The first kappa shape index (κ1) is 31.0. The van der Waals surface area contributed by atoms with Crippen LogP contribution >= 0.6 is 0 Å². The number of ether oxygens (including phenoxy) is 2. The molecule has 3 aliphatic rings. The number of likely N-dealkylation sites (N-methyl/N-ethyl adjacent to an activating group) is 1. The van der Waals surface area contributed by atoms with Gasteiger partial charge in [0.2, 0.25) is 0 Å². The monoisotopic (exact) mass is 535 g/mol. The second-order valence-electron chi connectivity index (χ2n) is 11.7. The number of fused-ring (bicyclic) bond motifs is 3. The van der Waals surface area contributed by atoms with Crippen molar-refractivity contribution in [3.8, 4) is 0 Å². The van der Waals surface area contributed by atoms with Crippen molar-refractivity contribution in [1.29, 1.82) is 0 Å². The van der Waals surface area contributed by atoms with Crippen LogP contribution in [0.5, 0.6) is 0 Å². The van der Waals surface area contributed by atoms with Crippen molar-refractivity contribution >= 4 is 23.1 Å². The standard InChI is InChI=1S/C24H39NO7.H2O3S/c1-9-21(4)12-14(26)24(30)22(5)15(31-16(27)13-25(7)8)10-11-20(2,3)18(22)17(28)19(29)23(24,6)32-21;1-4(2)3/h9,15,17-19,28-30H,1,10-13H2,2-8H3;(H2,1,2,3)/t15-,17-,18-,19-,21-,22-,23+,24-;/m0./s1. The van der Waals surface area contributed by atoms with Gasteiger partial charge in [0.05, 0.1) is 18.2 Å². The fourth-order valence-electron chi connectivity index (χ4n) is 6.93. The maximum absolute atomic E-state index is 13.7. The van der Waals surface area contributed by atoms with Gasteiger partial charge in [-0.3, -0.25) is 23.6 Å². The fourth-order valence-corrected chi connectivity index (χ4v) is 6.93. The molecule has 3 rings (SSSR count). The van der Waals surface area contributed by atoms with E-state index in [0.29, 0.717) is 12.8 Å². The summed E-state index contributed by atoms with van der Waals surface area (Å²) in [5.74, 6) is -1.72. The van der Waals surface area contributed by atoms with Gasteiger partial charge in [-0.1, -0.05) is 26.8 Å². The van der Waals surface area contributed by atoms with Gasteiger partial charge in [-0.2, -0.15) is 4.21 Å². The third-order valence-corrected chi connectivity index (χ3v) is 8.45. The molecule has 1 aliphatic heterocycles. The van der Waals surface area contributed by atoms with Gasteiger partial charge in [0, 0.05) is 17.8 Å². The first-order valence-corrected chi connectivity index (χ1v) is 12.9. The molecule has 0 aromatic heterocycles. The summed E-state index contributed by atoms with van der Waals surface area (Å²) >= 11 is -2.61. The van der Waals surface area contributed by atoms with E-state index in [-0.39, 0.29) is 13.0 Å². The van der Waals surface area contributed by atoms with Crippen molar-refractivity contribution in [1.82, 2.24) is 4.90 Å². The third kappa shape index (κ3) is 4.82. The second kappa shape index (κ2) is 10.1. The average Bonchev–Trinajstić information content (AvgIpc) is 2.71. The lowest BCUT2D eigenvalue weighted by Gasteiger charge is -2.71. The van der Waals surface area contributed by atoms with Crippen LogP contribution in [0, 0.1) is 16.7 Å². The highest BCUT2D eigenvalue weighted by molar-refractivity contribution is 7.73. The molecular formula is C24H41NO10S. The Hall–Kier alpha value is -1.25. The van der Waals surface area contributed by atoms with E-state index in [1.165, 1.54) is 13.0 Å². The zero-order chi connectivity index (χ0) is 28.1. The van der Waals surface area contributed by atoms with Gasteiger partial charge >= 0.3 is 5.97 Å². The van der Waals surface area contributed by atoms with E-state index >= 15 is 0 Å². The van der Waals surface area contributed by atoms with Crippen LogP contribution in [0.15, 0.2) is 12.7 Å². The summed E-state index contributed by atoms with van der Waals surface area (Å²) in [6, 6.07) is 0. The zero-order valence-corrected chi connectivity index (χ0v) is 22.9. The van der Waals surface area contributed by atoms with E-state index in [4.69, 9.17) is 22.8 Å². The molecule has 0 radical (unpaired) electrons. The second-order valence-corrected chi connectivity index (χ2v) is 12.2. The number of rotatable bonds is 4. The molecule has 0 spiro atoms. The molecule has 1 saturated heterocycles. The maximum atomic E-state index is 13.7. The van der Waals surface area contributed by atoms with Gasteiger partial charge in [-0.15, -0.1) is 6.58 Å². The molecule has 8 atom stereocenters. The minimum Gasteiger partial charge on any atom is -0.461 e. The van der Waals surface area contributed by atoms with Crippen LogP contribution in [-0.2, 0) is 30.4 Å². The molecule has 1 heterocycles. The first-order chi connectivity index (χ1) is 16.2. The van der Waals surface area contributed by atoms with E-state index in [9.17, 15) is 24.9 Å². The number of hydrogen-bond acceptors (Lipinski definition) is 9. The third-order valence-electron chi connectivity index (χ3n) is 8.45. The number of aliphatic hydroxyl groups excluding tert-OH is 2. The van der Waals surface area contributed by atoms with Crippen molar-refractivity contribution in [3.63, 3.8) is 0 Å². The van der Waals surface area contributed by atoms with Gasteiger partial charge in [-0.05, 0) is 46.2 Å². The van der Waals surface area contributed by atoms with Crippen molar-refractivity contribution in [3.05, 3.63) is 12.7 Å². The lowest BCUT2D eigenvalue weighted by atomic mass is 9.40. The van der Waals surface area contributed by atoms with Gasteiger partial charge in [0.1, 0.15) is 17.8 Å². The summed E-state index contributed by atoms with van der Waals surface area (Å²) in [5, 5.41) is 35.0. The number of carbonyl (C=O) groups excluding carboxylic acids is 2. The molecule has 11 nitrogen and oxygen atoms in total. The van der Waals surface area contributed by atoms with E-state index in [1.54, 1.807) is 32.8 Å². The fraction of sp³-hybridized carbons (Fsp3) is 0.833. The van der Waals surface area contributed by atoms with Crippen LogP contribution in [0.2, 0.25) is 0 Å². The van der Waals surface area contributed by atoms with E-state index in [1.807, 2.05) is 13.8 Å². The van der Waals surface area contributed by atoms with Crippen LogP contribution in [0.1, 0.15) is 53.9 Å². The van der Waals surface area contributed by atoms with Crippen LogP contribution in [0.4, 0.5) is 0 Å². The highest BCUT2D eigenvalue weighted by Crippen LogP contribution is 2.67. The average molecular weight is 536 g/mol. The van der Waals surface area contributed by atoms with Crippen LogP contribution in [0.3, 0.4) is 0 Å². The topological polar surface area (TPSA) is 174 Å². The highest BCUT2D eigenvalue weighted by atomic mass is 32.2. The molecule has 0 unspecified atom stereocenters. The van der Waals surface area contributed by atoms with E-state index in [0.717, 1.165) is 0 Å². The SMILES string of the molecule is C=C[C@@]1(C)CC(=O)[C@]2(O)[C@@]3(C)[C@@H](OC(=O)CN(C)C)CCC(C)(C)[C@@H]3[C@H](O)[C@H](O)[C@@]2(C)O1.O=S(O)O. The summed E-state index contributed by atoms with van der Waals surface area (Å²) in [6.45, 7) is 12.5. The molecule has 5 N–H and O–H groups in total. The van der Waals surface area contributed by atoms with Crippen LogP contribution in [0.25, 0.3) is 0 Å². The Morgan fingerprint density at radius 1 is 1.22 bits per heavy atom. The molecule has 12 heteroatoms. The van der Waals surface area contributed by atoms with E-state index in [2.05, 4.69) is 6.58 Å². The number of esters is 1. The van der Waals surface area contributed by atoms with Gasteiger partial charge < -0.3 is 24.8 Å². The maximum Gasteiger partial charge on any atom is 0.320 e. The van der Waals surface area contributed by atoms with E-state index < -0.39 is 75.0 Å². The quantitative estimate of drug-likeness (QED) is 0.195. The Morgan fingerprint density at radius 3 is 2.22 bits per heavy atom. The van der Waals surface area contributed by atoms with Crippen molar-refractivity contribution < 1.29 is 47.7 Å². The largest absolute Gasteiger partial charge is 0.461 e. The molecule has 2 saturated carbocycles. The van der Waals surface area contributed by atoms with Crippen molar-refractivity contribution in [2.45, 2.75) is 89.0 Å². The number of nitrogens with zero attached hydrogens (tertiary/aromatic N) is 1. The molecule has 3 fully saturated rings. The Kier molecular flexibility index (Phi) is 8.72. The number of Topliss-reactive ketones (excluding diaryl/α,β-unsaturated/α-hetero) is 1. The van der Waals surface area contributed by atoms with Gasteiger partial charge in [-0.25, -0.2) is 0 Å². The molecule has 208 valence electrons. The number of hydrogen-bond donors (Lipinski definition) is 5. The molecular weight excluding hydrogens is 494 g/mol. The molecule has 2 aliphatic carbocycles. The van der Waals surface area contributed by atoms with Gasteiger partial charge in [0.25, 0.3) is 11.4 Å². The molecule has 0 aromatic rings. The predicted octanol–water partition coefficient (Wildman–Crippen LogP) is 0.743. The smallest absolute Gasteiger partial charge is 0.320 e. The van der Waals surface area contributed by atoms with Gasteiger partial charge in [0.15, 0.2) is 11.4 Å². The summed E-state index contributed by atoms with van der Waals surface area (Å²) in [5.41, 5.74) is -7.11. The lowest BCUT2D eigenvalue weighted by molar-refractivity contribution is -0.370. The summed E-state index contributed by atoms with van der Waals surface area (Å²) in [7, 11) is 3.49. The van der Waals surface area contributed by atoms with Crippen LogP contribution in [-0.4, -0.2) is 101 Å². The lowest BCUT2D eigenvalue weighted by Crippen LogP contribution is -2.86. The molecule has 0 bridgehead atoms. The first-order valence-electron chi connectivity index (χ1n) is 11.8. The molecule has 0 amide bonds. The van der Waals surface area contributed by atoms with Crippen molar-refractivity contribution in [2.24, 2.45) is 16.7 Å². The molecule has 0 aromatic carbocycles. The minimum atomic E-state index is -2.61. The highest BCUT2D eigenvalue weighted by Gasteiger charge is 2.81. The number of ketones is 1. The number of carbonyl (C=O) groups is 2. The Morgan fingerprint density at radius 2 is 1.75 bits per heavy atom. The Labute approximate surface area is 215 Å². The minimum absolute atomic E-state index is 0.0422. The van der Waals surface area contributed by atoms with Crippen LogP contribution < -0.4 is 0 Å².